The van der Waals surface area contributed by atoms with Crippen molar-refractivity contribution in [3.63, 3.8) is 0 Å². The molecule has 5 aliphatic heterocycles. The van der Waals surface area contributed by atoms with Gasteiger partial charge in [0.05, 0.1) is 53.7 Å². The normalized spacial score (nSPS) is 40.3. The average Bonchev–Trinajstić information content (AvgIpc) is 3.86. The summed E-state index contributed by atoms with van der Waals surface area (Å²) in [6, 6.07) is 8.18. The Balaban J connectivity index is 0.991. The van der Waals surface area contributed by atoms with E-state index in [0.717, 1.165) is 31.2 Å². The number of para-hydroxylation sites is 1. The first-order valence-corrected chi connectivity index (χ1v) is 24.9. The molecule has 2 spiro atoms. The Kier molecular flexibility index (Phi) is 15.0. The number of aliphatic hydroxyl groups excluding tert-OH is 2. The Labute approximate surface area is 381 Å². The molecule has 7 rings (SSSR count). The van der Waals surface area contributed by atoms with E-state index < -0.39 is 52.9 Å². The first kappa shape index (κ1) is 49.2. The molecule has 0 radical (unpaired) electrons. The maximum absolute atomic E-state index is 14.7. The largest absolute Gasteiger partial charge is 0.392 e. The highest BCUT2D eigenvalue weighted by molar-refractivity contribution is 5.84. The summed E-state index contributed by atoms with van der Waals surface area (Å²) >= 11 is 0. The molecule has 5 aliphatic rings. The second-order valence-electron chi connectivity index (χ2n) is 21.0. The molecule has 0 bridgehead atoms. The monoisotopic (exact) mass is 893 g/mol. The topological polar surface area (TPSA) is 169 Å². The molecule has 12 heteroatoms. The van der Waals surface area contributed by atoms with Gasteiger partial charge in [-0.25, -0.2) is 0 Å². The van der Waals surface area contributed by atoms with Crippen LogP contribution in [0.1, 0.15) is 139 Å². The van der Waals surface area contributed by atoms with E-state index in [4.69, 9.17) is 23.7 Å². The lowest BCUT2D eigenvalue weighted by Crippen LogP contribution is -2.63. The molecule has 4 fully saturated rings. The van der Waals surface area contributed by atoms with Gasteiger partial charge in [0.2, 0.25) is 11.7 Å². The molecule has 18 atom stereocenters. The van der Waals surface area contributed by atoms with Crippen molar-refractivity contribution in [2.75, 3.05) is 6.54 Å². The third-order valence-electron chi connectivity index (χ3n) is 16.8. The number of hydrogen-bond acceptors (Lipinski definition) is 10. The van der Waals surface area contributed by atoms with Crippen LogP contribution in [0.4, 0.5) is 0 Å². The number of H-pyrrole nitrogens is 1. The van der Waals surface area contributed by atoms with Crippen molar-refractivity contribution in [2.45, 2.75) is 205 Å². The van der Waals surface area contributed by atoms with E-state index in [2.05, 4.69) is 43.2 Å². The van der Waals surface area contributed by atoms with Crippen molar-refractivity contribution >= 4 is 22.6 Å². The number of nitrogens with one attached hydrogen (secondary N) is 2. The van der Waals surface area contributed by atoms with E-state index in [9.17, 15) is 24.9 Å². The zero-order valence-electron chi connectivity index (χ0n) is 40.3. The molecular weight excluding hydrogens is 813 g/mol. The minimum atomic E-state index is -1.37. The summed E-state index contributed by atoms with van der Waals surface area (Å²) in [6.07, 6.45) is 8.85. The zero-order chi connectivity index (χ0) is 46.4. The summed E-state index contributed by atoms with van der Waals surface area (Å²) < 4.78 is 34.1. The van der Waals surface area contributed by atoms with Gasteiger partial charge in [-0.3, -0.25) is 9.59 Å². The van der Waals surface area contributed by atoms with Gasteiger partial charge in [0.1, 0.15) is 11.9 Å². The number of aromatic nitrogens is 1. The van der Waals surface area contributed by atoms with Gasteiger partial charge in [-0.15, -0.1) is 0 Å². The Hall–Kier alpha value is -2.68. The number of aliphatic hydroxyl groups is 3. The van der Waals surface area contributed by atoms with E-state index in [1.54, 1.807) is 6.08 Å². The number of Topliss-reactive ketones (excluding diaryl/α,β-unsaturated/α-hetero) is 1. The molecule has 0 aliphatic carbocycles. The minimum absolute atomic E-state index is 0.0129. The number of ether oxygens (including phenoxy) is 5. The number of rotatable bonds is 15. The Bertz CT molecular complexity index is 1950. The highest BCUT2D eigenvalue weighted by Crippen LogP contribution is 2.54. The second kappa shape index (κ2) is 19.5. The molecule has 1 amide bonds. The van der Waals surface area contributed by atoms with E-state index >= 15 is 0 Å². The van der Waals surface area contributed by atoms with Gasteiger partial charge >= 0.3 is 0 Å². The Morgan fingerprint density at radius 3 is 2.36 bits per heavy atom. The SMILES string of the molecule is CC[C@@H](C(=O)[C@@H](C)[C@@H](O)[C@H](C)[C@@H]1O[C@@H]([C@@H](CC)C(=O)NCCc2c[nH]c3ccccc23)CC[C@@H]1C)[C@H]1O[C@]2(C=C[C@@H](O)[C@]3(CC[C@@](C)([C@H]4CC[C@](O)(CC)[C@H](C)O4)O3)O2)[C@H](C)C[C@@H]1C. The van der Waals surface area contributed by atoms with E-state index in [0.29, 0.717) is 51.5 Å². The third-order valence-corrected chi connectivity index (χ3v) is 16.8. The maximum Gasteiger partial charge on any atom is 0.225 e. The van der Waals surface area contributed by atoms with Gasteiger partial charge in [0.15, 0.2) is 5.79 Å². The van der Waals surface area contributed by atoms with Gasteiger partial charge < -0.3 is 49.3 Å². The molecule has 12 nitrogen and oxygen atoms in total. The van der Waals surface area contributed by atoms with Crippen LogP contribution in [0.3, 0.4) is 0 Å². The first-order chi connectivity index (χ1) is 30.3. The fraction of sp³-hybridized carbons (Fsp3) is 0.769. The summed E-state index contributed by atoms with van der Waals surface area (Å²) in [4.78, 5) is 31.7. The fourth-order valence-electron chi connectivity index (χ4n) is 12.3. The lowest BCUT2D eigenvalue weighted by molar-refractivity contribution is -0.409. The Morgan fingerprint density at radius 2 is 1.66 bits per heavy atom. The molecule has 0 unspecified atom stereocenters. The summed E-state index contributed by atoms with van der Waals surface area (Å²) in [5.41, 5.74) is 0.620. The van der Waals surface area contributed by atoms with Crippen molar-refractivity contribution in [1.29, 1.82) is 0 Å². The van der Waals surface area contributed by atoms with Crippen LogP contribution >= 0.6 is 0 Å². The predicted molar refractivity (Wildman–Crippen MR) is 246 cm³/mol. The lowest BCUT2D eigenvalue weighted by Gasteiger charge is -2.54. The van der Waals surface area contributed by atoms with Crippen LogP contribution in [0.15, 0.2) is 42.6 Å². The van der Waals surface area contributed by atoms with Crippen LogP contribution in [0.2, 0.25) is 0 Å². The zero-order valence-corrected chi connectivity index (χ0v) is 40.3. The van der Waals surface area contributed by atoms with Crippen molar-refractivity contribution in [3.8, 4) is 0 Å². The number of fused-ring (bicyclic) bond motifs is 1. The van der Waals surface area contributed by atoms with Gasteiger partial charge in [-0.2, -0.15) is 0 Å². The highest BCUT2D eigenvalue weighted by Gasteiger charge is 2.63. The molecule has 1 aromatic heterocycles. The minimum Gasteiger partial charge on any atom is -0.392 e. The summed E-state index contributed by atoms with van der Waals surface area (Å²) in [5.74, 6) is -4.54. The number of hydrogen-bond donors (Lipinski definition) is 5. The first-order valence-electron chi connectivity index (χ1n) is 24.9. The van der Waals surface area contributed by atoms with Crippen molar-refractivity contribution in [3.05, 3.63) is 48.2 Å². The van der Waals surface area contributed by atoms with E-state index in [-0.39, 0.29) is 65.7 Å². The van der Waals surface area contributed by atoms with Crippen LogP contribution < -0.4 is 5.32 Å². The van der Waals surface area contributed by atoms with Crippen LogP contribution in [0, 0.1) is 41.4 Å². The van der Waals surface area contributed by atoms with Gasteiger partial charge in [0.25, 0.3) is 0 Å². The number of carbonyl (C=O) groups is 2. The van der Waals surface area contributed by atoms with E-state index in [1.807, 2.05) is 72.9 Å². The van der Waals surface area contributed by atoms with Gasteiger partial charge in [0, 0.05) is 53.7 Å². The van der Waals surface area contributed by atoms with Gasteiger partial charge in [-0.1, -0.05) is 73.6 Å². The molecule has 6 heterocycles. The van der Waals surface area contributed by atoms with Crippen LogP contribution in [0.25, 0.3) is 10.9 Å². The molecule has 1 aromatic carbocycles. The van der Waals surface area contributed by atoms with Crippen LogP contribution in [-0.4, -0.2) is 104 Å². The summed E-state index contributed by atoms with van der Waals surface area (Å²) in [7, 11) is 0. The predicted octanol–water partition coefficient (Wildman–Crippen LogP) is 7.94. The molecular formula is C52H80N2O10. The molecule has 0 saturated carbocycles. The quantitative estimate of drug-likeness (QED) is 0.111. The average molecular weight is 893 g/mol. The van der Waals surface area contributed by atoms with Crippen molar-refractivity contribution in [1.82, 2.24) is 10.3 Å². The smallest absolute Gasteiger partial charge is 0.225 e. The van der Waals surface area contributed by atoms with Crippen LogP contribution in [0.5, 0.6) is 0 Å². The lowest BCUT2D eigenvalue weighted by atomic mass is 9.72. The molecule has 64 heavy (non-hydrogen) atoms. The highest BCUT2D eigenvalue weighted by atomic mass is 16.8. The molecule has 4 saturated heterocycles. The molecule has 358 valence electrons. The van der Waals surface area contributed by atoms with Crippen LogP contribution in [-0.2, 0) is 39.7 Å². The standard InChI is InChI=1S/C52H80N2O10/c1-11-37(48(58)53-27-22-36-29-54-40-17-15-14-16-39(36)40)41-19-18-30(4)46(61-41)34(8)44(56)33(7)45(57)38(12-2)47-31(5)28-32(6)51(62-47)24-20-42(55)52(64-51)26-25-49(10,63-52)43-21-23-50(59,13-3)35(9)60-43/h14-17,20,24,29-35,37-38,41-44,46-47,54-56,59H,11-13,18-19,21-23,25-28H2,1-10H3,(H,53,58)/t30-,31-,32+,33-,34-,35-,37+,38-,41+,42+,43+,44+,46+,47-,49-,50+,51-,52-/m0/s1. The summed E-state index contributed by atoms with van der Waals surface area (Å²) in [6.45, 7) is 20.6. The number of benzene rings is 1. The number of amides is 1. The second-order valence-corrected chi connectivity index (χ2v) is 21.0. The maximum atomic E-state index is 14.7. The summed E-state index contributed by atoms with van der Waals surface area (Å²) in [5, 5.41) is 39.0. The van der Waals surface area contributed by atoms with Gasteiger partial charge in [-0.05, 0) is 114 Å². The van der Waals surface area contributed by atoms with E-state index in [1.165, 1.54) is 10.9 Å². The van der Waals surface area contributed by atoms with Crippen molar-refractivity contribution in [2.24, 2.45) is 41.4 Å². The molecule has 5 N–H and O–H groups in total. The third kappa shape index (κ3) is 9.30. The Morgan fingerprint density at radius 1 is 0.922 bits per heavy atom. The number of carbonyl (C=O) groups excluding carboxylic acids is 2. The fourth-order valence-corrected chi connectivity index (χ4v) is 12.3. The number of ketones is 1. The number of aromatic amines is 1. The van der Waals surface area contributed by atoms with Crippen molar-refractivity contribution < 1.29 is 48.6 Å². The molecule has 2 aromatic rings.